The summed E-state index contributed by atoms with van der Waals surface area (Å²) in [5.74, 6) is 0.735. The van der Waals surface area contributed by atoms with Gasteiger partial charge in [-0.2, -0.15) is 0 Å². The topological polar surface area (TPSA) is 79.0 Å². The number of β-amino-alcohol motifs (C(OH)–C–C–N with tert-alkyl or cyclic N) is 2. The lowest BCUT2D eigenvalue weighted by atomic mass is 10.0. The first-order chi connectivity index (χ1) is 8.54. The van der Waals surface area contributed by atoms with Crippen LogP contribution in [0.2, 0.25) is 0 Å². The molecule has 0 aromatic heterocycles. The zero-order valence-corrected chi connectivity index (χ0v) is 10.7. The van der Waals surface area contributed by atoms with E-state index < -0.39 is 12.2 Å². The summed E-state index contributed by atoms with van der Waals surface area (Å²) in [6, 6.07) is 5.51. The van der Waals surface area contributed by atoms with Gasteiger partial charge in [-0.05, 0) is 19.1 Å². The summed E-state index contributed by atoms with van der Waals surface area (Å²) in [6.45, 7) is 2.71. The second-order valence-electron chi connectivity index (χ2n) is 4.72. The SMILES string of the molecule is COc1cccc(N2CC(O)C(O)C2)c1[C@H](C)N. The summed E-state index contributed by atoms with van der Waals surface area (Å²) in [5, 5.41) is 19.3. The highest BCUT2D eigenvalue weighted by Gasteiger charge is 2.31. The quantitative estimate of drug-likeness (QED) is 0.719. The van der Waals surface area contributed by atoms with E-state index in [4.69, 9.17) is 10.5 Å². The van der Waals surface area contributed by atoms with Crippen LogP contribution in [0.4, 0.5) is 5.69 Å². The Bertz CT molecular complexity index is 413. The maximum absolute atomic E-state index is 9.63. The maximum Gasteiger partial charge on any atom is 0.125 e. The van der Waals surface area contributed by atoms with Crippen molar-refractivity contribution in [1.29, 1.82) is 0 Å². The third-order valence-corrected chi connectivity index (χ3v) is 3.32. The van der Waals surface area contributed by atoms with E-state index in [-0.39, 0.29) is 6.04 Å². The fraction of sp³-hybridized carbons (Fsp3) is 0.538. The molecule has 1 aliphatic rings. The van der Waals surface area contributed by atoms with Crippen molar-refractivity contribution < 1.29 is 14.9 Å². The van der Waals surface area contributed by atoms with Crippen LogP contribution < -0.4 is 15.4 Å². The molecule has 3 atom stereocenters. The van der Waals surface area contributed by atoms with Crippen LogP contribution in [0.3, 0.4) is 0 Å². The molecule has 5 heteroatoms. The molecule has 2 unspecified atom stereocenters. The van der Waals surface area contributed by atoms with Crippen LogP contribution in [-0.4, -0.2) is 42.6 Å². The smallest absolute Gasteiger partial charge is 0.125 e. The number of aliphatic hydroxyl groups excluding tert-OH is 2. The molecule has 1 heterocycles. The van der Waals surface area contributed by atoms with Crippen molar-refractivity contribution in [3.63, 3.8) is 0 Å². The van der Waals surface area contributed by atoms with Crippen LogP contribution in [-0.2, 0) is 0 Å². The molecule has 18 heavy (non-hydrogen) atoms. The first kappa shape index (κ1) is 13.1. The monoisotopic (exact) mass is 252 g/mol. The van der Waals surface area contributed by atoms with E-state index in [1.807, 2.05) is 30.0 Å². The largest absolute Gasteiger partial charge is 0.496 e. The third kappa shape index (κ3) is 2.29. The Balaban J connectivity index is 2.38. The average molecular weight is 252 g/mol. The van der Waals surface area contributed by atoms with Gasteiger partial charge in [-0.15, -0.1) is 0 Å². The minimum absolute atomic E-state index is 0.175. The highest BCUT2D eigenvalue weighted by molar-refractivity contribution is 5.61. The van der Waals surface area contributed by atoms with E-state index in [1.54, 1.807) is 7.11 Å². The number of nitrogens with two attached hydrogens (primary N) is 1. The standard InChI is InChI=1S/C13H20N2O3/c1-8(14)13-9(4-3-5-12(13)18-2)15-6-10(16)11(17)7-15/h3-5,8,10-11,16-17H,6-7,14H2,1-2H3/t8-,10?,11?/m0/s1. The summed E-state index contributed by atoms with van der Waals surface area (Å²) in [5.41, 5.74) is 7.82. The minimum Gasteiger partial charge on any atom is -0.496 e. The van der Waals surface area contributed by atoms with Gasteiger partial charge in [0.05, 0.1) is 19.3 Å². The third-order valence-electron chi connectivity index (χ3n) is 3.32. The van der Waals surface area contributed by atoms with Crippen molar-refractivity contribution >= 4 is 5.69 Å². The first-order valence-electron chi connectivity index (χ1n) is 6.08. The molecular weight excluding hydrogens is 232 g/mol. The van der Waals surface area contributed by atoms with Crippen molar-refractivity contribution in [2.75, 3.05) is 25.1 Å². The normalized spacial score (nSPS) is 25.3. The van der Waals surface area contributed by atoms with Gasteiger partial charge in [0.1, 0.15) is 5.75 Å². The molecule has 0 radical (unpaired) electrons. The molecule has 1 saturated heterocycles. The number of benzene rings is 1. The Hall–Kier alpha value is -1.30. The van der Waals surface area contributed by atoms with Crippen molar-refractivity contribution in [3.05, 3.63) is 23.8 Å². The summed E-state index contributed by atoms with van der Waals surface area (Å²) in [7, 11) is 1.61. The minimum atomic E-state index is -0.711. The van der Waals surface area contributed by atoms with Crippen LogP contribution in [0.25, 0.3) is 0 Å². The molecule has 1 aromatic rings. The fourth-order valence-corrected chi connectivity index (χ4v) is 2.41. The number of hydrogen-bond donors (Lipinski definition) is 3. The van der Waals surface area contributed by atoms with Crippen molar-refractivity contribution in [3.8, 4) is 5.75 Å². The summed E-state index contributed by atoms with van der Waals surface area (Å²) in [6.07, 6.45) is -1.42. The summed E-state index contributed by atoms with van der Waals surface area (Å²) >= 11 is 0. The summed E-state index contributed by atoms with van der Waals surface area (Å²) < 4.78 is 5.33. The molecule has 5 nitrogen and oxygen atoms in total. The van der Waals surface area contributed by atoms with Gasteiger partial charge in [-0.3, -0.25) is 0 Å². The zero-order chi connectivity index (χ0) is 13.3. The Kier molecular flexibility index (Phi) is 3.75. The second-order valence-corrected chi connectivity index (χ2v) is 4.72. The first-order valence-corrected chi connectivity index (χ1v) is 6.08. The molecule has 1 aromatic carbocycles. The van der Waals surface area contributed by atoms with E-state index in [1.165, 1.54) is 0 Å². The molecule has 0 amide bonds. The van der Waals surface area contributed by atoms with Crippen LogP contribution >= 0.6 is 0 Å². The highest BCUT2D eigenvalue weighted by Crippen LogP contribution is 2.35. The Labute approximate surface area is 107 Å². The molecular formula is C13H20N2O3. The average Bonchev–Trinajstić information content (AvgIpc) is 2.68. The van der Waals surface area contributed by atoms with E-state index in [0.717, 1.165) is 17.0 Å². The Morgan fingerprint density at radius 3 is 2.44 bits per heavy atom. The Morgan fingerprint density at radius 1 is 1.33 bits per heavy atom. The maximum atomic E-state index is 9.63. The number of ether oxygens (including phenoxy) is 1. The molecule has 0 saturated carbocycles. The summed E-state index contributed by atoms with van der Waals surface area (Å²) in [4.78, 5) is 1.94. The van der Waals surface area contributed by atoms with Crippen LogP contribution in [0.15, 0.2) is 18.2 Å². The molecule has 0 bridgehead atoms. The van der Waals surface area contributed by atoms with Gasteiger partial charge < -0.3 is 25.6 Å². The number of rotatable bonds is 3. The Morgan fingerprint density at radius 2 is 1.94 bits per heavy atom. The van der Waals surface area contributed by atoms with E-state index >= 15 is 0 Å². The number of nitrogens with zero attached hydrogens (tertiary/aromatic N) is 1. The van der Waals surface area contributed by atoms with E-state index in [0.29, 0.717) is 13.1 Å². The van der Waals surface area contributed by atoms with Crippen molar-refractivity contribution in [2.45, 2.75) is 25.2 Å². The number of aliphatic hydroxyl groups is 2. The molecule has 0 aliphatic carbocycles. The second kappa shape index (κ2) is 5.14. The number of anilines is 1. The van der Waals surface area contributed by atoms with Crippen LogP contribution in [0.1, 0.15) is 18.5 Å². The van der Waals surface area contributed by atoms with Gasteiger partial charge in [0.2, 0.25) is 0 Å². The highest BCUT2D eigenvalue weighted by atomic mass is 16.5. The fourth-order valence-electron chi connectivity index (χ4n) is 2.41. The van der Waals surface area contributed by atoms with Crippen LogP contribution in [0, 0.1) is 0 Å². The molecule has 0 spiro atoms. The number of hydrogen-bond acceptors (Lipinski definition) is 5. The lowest BCUT2D eigenvalue weighted by Gasteiger charge is -2.24. The van der Waals surface area contributed by atoms with Gasteiger partial charge >= 0.3 is 0 Å². The molecule has 4 N–H and O–H groups in total. The zero-order valence-electron chi connectivity index (χ0n) is 10.7. The predicted octanol–water partition coefficient (Wildman–Crippen LogP) is 0.257. The van der Waals surface area contributed by atoms with E-state index in [9.17, 15) is 10.2 Å². The lowest BCUT2D eigenvalue weighted by Crippen LogP contribution is -2.24. The van der Waals surface area contributed by atoms with Gasteiger partial charge in [0.15, 0.2) is 0 Å². The molecule has 1 fully saturated rings. The van der Waals surface area contributed by atoms with Gasteiger partial charge in [-0.1, -0.05) is 6.07 Å². The molecule has 100 valence electrons. The van der Waals surface area contributed by atoms with Gasteiger partial charge in [-0.25, -0.2) is 0 Å². The molecule has 1 aliphatic heterocycles. The van der Waals surface area contributed by atoms with Crippen LogP contribution in [0.5, 0.6) is 5.75 Å². The van der Waals surface area contributed by atoms with Crippen molar-refractivity contribution in [2.24, 2.45) is 5.73 Å². The van der Waals surface area contributed by atoms with E-state index in [2.05, 4.69) is 0 Å². The van der Waals surface area contributed by atoms with Gasteiger partial charge in [0.25, 0.3) is 0 Å². The lowest BCUT2D eigenvalue weighted by molar-refractivity contribution is 0.0572. The van der Waals surface area contributed by atoms with Gasteiger partial charge in [0, 0.05) is 30.4 Å². The predicted molar refractivity (Wildman–Crippen MR) is 69.8 cm³/mol. The number of methoxy groups -OCH3 is 1. The van der Waals surface area contributed by atoms with Crippen molar-refractivity contribution in [1.82, 2.24) is 0 Å². The molecule has 2 rings (SSSR count).